The molecule has 0 spiro atoms. The topological polar surface area (TPSA) is 184 Å². The van der Waals surface area contributed by atoms with Gasteiger partial charge in [-0.25, -0.2) is 9.59 Å². The molecule has 5 aromatic rings. The molecule has 16 atom stereocenters. The van der Waals surface area contributed by atoms with Crippen LogP contribution in [-0.2, 0) is 58.7 Å². The Morgan fingerprint density at radius 2 is 1.34 bits per heavy atom. The van der Waals surface area contributed by atoms with Crippen LogP contribution < -0.4 is 0 Å². The van der Waals surface area contributed by atoms with Crippen LogP contribution in [0.4, 0.5) is 0 Å². The molecule has 0 radical (unpaired) electrons. The Morgan fingerprint density at radius 1 is 0.671 bits per heavy atom. The third-order valence-corrected chi connectivity index (χ3v) is 15.2. The van der Waals surface area contributed by atoms with Crippen molar-refractivity contribution in [3.05, 3.63) is 166 Å². The highest BCUT2D eigenvalue weighted by atomic mass is 16.8. The number of carbonyl (C=O) groups excluding carboxylic acids is 2. The van der Waals surface area contributed by atoms with Crippen molar-refractivity contribution in [1.29, 1.82) is 0 Å². The summed E-state index contributed by atoms with van der Waals surface area (Å²) in [5.74, 6) is -2.22. The van der Waals surface area contributed by atoms with Crippen molar-refractivity contribution in [3.63, 3.8) is 0 Å². The van der Waals surface area contributed by atoms with Gasteiger partial charge in [-0.05, 0) is 71.0 Å². The Morgan fingerprint density at radius 3 is 2.07 bits per heavy atom. The van der Waals surface area contributed by atoms with Crippen LogP contribution in [0.1, 0.15) is 98.4 Å². The molecule has 4 aliphatic heterocycles. The number of nitrogens with zero attached hydrogens (tertiary/aromatic N) is 3. The van der Waals surface area contributed by atoms with Crippen LogP contribution in [0.25, 0.3) is 21.2 Å². The summed E-state index contributed by atoms with van der Waals surface area (Å²) in [5.41, 5.74) is 11.3. The van der Waals surface area contributed by atoms with Gasteiger partial charge in [-0.1, -0.05) is 156 Å². The molecule has 16 heteroatoms. The van der Waals surface area contributed by atoms with Gasteiger partial charge in [-0.15, -0.1) is 0 Å². The van der Waals surface area contributed by atoms with Crippen molar-refractivity contribution in [1.82, 2.24) is 0 Å². The van der Waals surface area contributed by atoms with E-state index in [1.165, 1.54) is 0 Å². The lowest BCUT2D eigenvalue weighted by molar-refractivity contribution is -0.370. The first-order valence-electron chi connectivity index (χ1n) is 26.9. The van der Waals surface area contributed by atoms with E-state index in [-0.39, 0.29) is 31.0 Å². The van der Waals surface area contributed by atoms with E-state index in [0.717, 1.165) is 41.2 Å². The summed E-state index contributed by atoms with van der Waals surface area (Å²) in [5, 5.41) is 5.90. The highest BCUT2D eigenvalue weighted by molar-refractivity contribution is 5.90. The van der Waals surface area contributed by atoms with E-state index in [4.69, 9.17) is 57.6 Å². The van der Waals surface area contributed by atoms with E-state index in [1.807, 2.05) is 75.4 Å². The molecule has 0 aliphatic carbocycles. The van der Waals surface area contributed by atoms with Crippen LogP contribution in [0.2, 0.25) is 0 Å². The number of hydrogen-bond donors (Lipinski definition) is 0. The van der Waals surface area contributed by atoms with Crippen LogP contribution in [0.3, 0.4) is 0 Å². The second-order valence-corrected chi connectivity index (χ2v) is 20.4. The second kappa shape index (κ2) is 26.5. The summed E-state index contributed by atoms with van der Waals surface area (Å²) in [7, 11) is 0. The van der Waals surface area contributed by atoms with Crippen LogP contribution in [-0.4, -0.2) is 106 Å². The first-order chi connectivity index (χ1) is 37.1. The first kappa shape index (κ1) is 55.0. The third kappa shape index (κ3) is 13.3. The maximum Gasteiger partial charge on any atom is 0.338 e. The number of ether oxygens (including phenoxy) is 11. The Bertz CT molecular complexity index is 2680. The first-order valence-corrected chi connectivity index (χ1v) is 26.9. The number of unbranched alkanes of at least 4 members (excludes halogenated alkanes) is 2. The van der Waals surface area contributed by atoms with Gasteiger partial charge in [0.05, 0.1) is 48.8 Å². The van der Waals surface area contributed by atoms with Crippen LogP contribution >= 0.6 is 0 Å². The lowest BCUT2D eigenvalue weighted by atomic mass is 9.85. The van der Waals surface area contributed by atoms with Gasteiger partial charge in [0, 0.05) is 41.4 Å². The van der Waals surface area contributed by atoms with Crippen molar-refractivity contribution in [3.8, 4) is 0 Å². The van der Waals surface area contributed by atoms with Gasteiger partial charge < -0.3 is 52.1 Å². The molecule has 4 saturated heterocycles. The van der Waals surface area contributed by atoms with Gasteiger partial charge in [0.25, 0.3) is 0 Å². The zero-order chi connectivity index (χ0) is 53.0. The van der Waals surface area contributed by atoms with Gasteiger partial charge in [0.2, 0.25) is 0 Å². The maximum absolute atomic E-state index is 14.4. The number of hydrogen-bond acceptors (Lipinski definition) is 14. The number of fused-ring (bicyclic) bond motifs is 2. The summed E-state index contributed by atoms with van der Waals surface area (Å²) < 4.78 is 74.0. The molecule has 76 heavy (non-hydrogen) atoms. The van der Waals surface area contributed by atoms with Gasteiger partial charge in [-0.3, -0.25) is 0 Å². The van der Waals surface area contributed by atoms with Gasteiger partial charge >= 0.3 is 11.9 Å². The largest absolute Gasteiger partial charge is 0.459 e. The smallest absolute Gasteiger partial charge is 0.338 e. The van der Waals surface area contributed by atoms with Gasteiger partial charge in [0.1, 0.15) is 24.9 Å². The van der Waals surface area contributed by atoms with Crippen molar-refractivity contribution < 1.29 is 61.7 Å². The molecular formula is C60H71N3O13. The minimum absolute atomic E-state index is 0.0672. The summed E-state index contributed by atoms with van der Waals surface area (Å²) in [6.45, 7) is 11.5. The Labute approximate surface area is 445 Å². The zero-order valence-electron chi connectivity index (χ0n) is 44.0. The highest BCUT2D eigenvalue weighted by Crippen LogP contribution is 2.43. The molecule has 4 heterocycles. The monoisotopic (exact) mass is 1040 g/mol. The molecule has 0 N–H and O–H groups in total. The molecule has 16 nitrogen and oxygen atoms in total. The third-order valence-electron chi connectivity index (χ3n) is 15.2. The average molecular weight is 1040 g/mol. The fraction of sp³-hybridized carbons (Fsp3) is 0.500. The molecular weight excluding hydrogens is 971 g/mol. The second-order valence-electron chi connectivity index (χ2n) is 20.4. The molecule has 5 aromatic carbocycles. The molecule has 4 fully saturated rings. The lowest BCUT2D eigenvalue weighted by Gasteiger charge is -2.49. The average Bonchev–Trinajstić information content (AvgIpc) is 3.80. The summed E-state index contributed by atoms with van der Waals surface area (Å²) in [6.07, 6.45) is -6.30. The summed E-state index contributed by atoms with van der Waals surface area (Å²) in [4.78, 5) is 30.6. The standard InChI is InChI=1S/C60H71N3O13/c1-6-37(2)49-53(76-58-39(4)50(67-34-41-29-30-42-21-17-18-28-46(42)33-41)38(3)47(70-58)35-68-55(64)43-22-11-7-12-23-43)54(72-56(65)44-24-13-8-14-25-44)60(73-49)74-51-40(5)57(66-32-20-10-19-31-62-63-61)71-48-36-69-59(75-52(48)51)45-26-15-9-16-27-45/h7-9,11-18,21-30,33,37-40,47-54,57-60H,6,10,19-20,31-32,34-36H2,1-5H3/t37-,38?,39?,40?,47?,48?,49?,50?,51?,52?,53?,54?,57?,58?,59?,60?/m1/s1. The maximum atomic E-state index is 14.4. The summed E-state index contributed by atoms with van der Waals surface area (Å²) in [6, 6.07) is 41.9. The number of azide groups is 1. The number of esters is 2. The van der Waals surface area contributed by atoms with Gasteiger partial charge in [-0.2, -0.15) is 0 Å². The highest BCUT2D eigenvalue weighted by Gasteiger charge is 2.57. The summed E-state index contributed by atoms with van der Waals surface area (Å²) >= 11 is 0. The van der Waals surface area contributed by atoms with Crippen LogP contribution in [0, 0.1) is 23.7 Å². The number of benzene rings is 5. The minimum Gasteiger partial charge on any atom is -0.459 e. The molecule has 0 aromatic heterocycles. The Kier molecular flexibility index (Phi) is 19.2. The van der Waals surface area contributed by atoms with Crippen molar-refractivity contribution in [2.24, 2.45) is 28.8 Å². The van der Waals surface area contributed by atoms with E-state index < -0.39 is 91.8 Å². The van der Waals surface area contributed by atoms with E-state index in [1.54, 1.807) is 48.5 Å². The zero-order valence-corrected chi connectivity index (χ0v) is 44.0. The minimum atomic E-state index is -1.16. The predicted octanol–water partition coefficient (Wildman–Crippen LogP) is 11.3. The Balaban J connectivity index is 1.02. The molecule has 9 rings (SSSR count). The normalized spacial score (nSPS) is 30.7. The lowest BCUT2D eigenvalue weighted by Crippen LogP contribution is -2.61. The van der Waals surface area contributed by atoms with Crippen molar-refractivity contribution in [2.45, 2.75) is 141 Å². The number of carbonyl (C=O) groups is 2. The van der Waals surface area contributed by atoms with E-state index in [0.29, 0.717) is 37.3 Å². The molecule has 4 aliphatic rings. The number of rotatable bonds is 22. The molecule has 15 unspecified atom stereocenters. The van der Waals surface area contributed by atoms with E-state index in [2.05, 4.69) is 54.2 Å². The molecule has 404 valence electrons. The Hall–Kier alpha value is -5.75. The van der Waals surface area contributed by atoms with Crippen molar-refractivity contribution >= 4 is 22.7 Å². The van der Waals surface area contributed by atoms with Crippen LogP contribution in [0.15, 0.2) is 139 Å². The molecule has 0 bridgehead atoms. The van der Waals surface area contributed by atoms with E-state index in [9.17, 15) is 9.59 Å². The SMILES string of the molecule is CC[C@@H](C)C1OC(OC2C(C)C(OCCCCCN=[N+]=[N-])OC3COC(c4ccccc4)OC32)C(OC(=O)c2ccccc2)C1OC1OC(COC(=O)c2ccccc2)C(C)C(OCc2ccc3ccccc3c2)C1C. The predicted molar refractivity (Wildman–Crippen MR) is 281 cm³/mol. The molecule has 0 amide bonds. The van der Waals surface area contributed by atoms with Gasteiger partial charge in [0.15, 0.2) is 31.3 Å². The fourth-order valence-corrected chi connectivity index (χ4v) is 10.6. The molecule has 0 saturated carbocycles. The quantitative estimate of drug-likeness (QED) is 0.0210. The van der Waals surface area contributed by atoms with Crippen LogP contribution in [0.5, 0.6) is 0 Å². The van der Waals surface area contributed by atoms with E-state index >= 15 is 0 Å². The van der Waals surface area contributed by atoms with Crippen molar-refractivity contribution in [2.75, 3.05) is 26.4 Å². The fourth-order valence-electron chi connectivity index (χ4n) is 10.6.